The Hall–Kier alpha value is -0.300. The third-order valence-electron chi connectivity index (χ3n) is 5.14. The summed E-state index contributed by atoms with van der Waals surface area (Å²) in [5.74, 6) is 2.63. The summed E-state index contributed by atoms with van der Waals surface area (Å²) in [6.45, 7) is 11.4. The molecule has 0 aromatic carbocycles. The first-order valence-electron chi connectivity index (χ1n) is 8.81. The number of hydrogen-bond acceptors (Lipinski definition) is 1. The Labute approximate surface area is 126 Å². The highest BCUT2D eigenvalue weighted by atomic mass is 16.3. The van der Waals surface area contributed by atoms with E-state index in [9.17, 15) is 5.11 Å². The van der Waals surface area contributed by atoms with E-state index in [-0.39, 0.29) is 6.10 Å². The van der Waals surface area contributed by atoms with Crippen molar-refractivity contribution in [2.45, 2.75) is 85.7 Å². The molecule has 118 valence electrons. The third kappa shape index (κ3) is 5.60. The Morgan fingerprint density at radius 2 is 1.90 bits per heavy atom. The molecule has 0 aromatic heterocycles. The van der Waals surface area contributed by atoms with Crippen LogP contribution in [-0.2, 0) is 0 Å². The van der Waals surface area contributed by atoms with Crippen molar-refractivity contribution in [3.63, 3.8) is 0 Å². The summed E-state index contributed by atoms with van der Waals surface area (Å²) < 4.78 is 0. The maximum absolute atomic E-state index is 10.7. The number of allylic oxidation sites excluding steroid dienone is 1. The molecule has 0 radical (unpaired) electrons. The van der Waals surface area contributed by atoms with Crippen molar-refractivity contribution in [3.05, 3.63) is 11.6 Å². The van der Waals surface area contributed by atoms with Crippen LogP contribution in [0, 0.1) is 23.7 Å². The summed E-state index contributed by atoms with van der Waals surface area (Å²) in [6.07, 6.45) is 10.7. The van der Waals surface area contributed by atoms with Crippen LogP contribution in [0.1, 0.15) is 79.6 Å². The molecule has 0 amide bonds. The fourth-order valence-electron chi connectivity index (χ4n) is 3.82. The van der Waals surface area contributed by atoms with Crippen LogP contribution in [0.2, 0.25) is 0 Å². The second-order valence-corrected chi connectivity index (χ2v) is 7.45. The molecule has 1 rings (SSSR count). The van der Waals surface area contributed by atoms with E-state index >= 15 is 0 Å². The zero-order valence-corrected chi connectivity index (χ0v) is 14.4. The highest BCUT2D eigenvalue weighted by molar-refractivity contribution is 5.05. The smallest absolute Gasteiger partial charge is 0.0754 e. The Morgan fingerprint density at radius 1 is 1.20 bits per heavy atom. The Bertz CT molecular complexity index is 292. The molecule has 0 spiro atoms. The van der Waals surface area contributed by atoms with Crippen molar-refractivity contribution >= 4 is 0 Å². The minimum absolute atomic E-state index is 0.230. The summed E-state index contributed by atoms with van der Waals surface area (Å²) in [5.41, 5.74) is 1.38. The number of aliphatic hydroxyl groups excluding tert-OH is 1. The molecular weight excluding hydrogens is 244 g/mol. The minimum atomic E-state index is -0.230. The van der Waals surface area contributed by atoms with Gasteiger partial charge >= 0.3 is 0 Å². The number of aliphatic hydroxyl groups is 1. The van der Waals surface area contributed by atoms with Crippen LogP contribution in [0.5, 0.6) is 0 Å². The summed E-state index contributed by atoms with van der Waals surface area (Å²) in [7, 11) is 0. The monoisotopic (exact) mass is 280 g/mol. The van der Waals surface area contributed by atoms with Gasteiger partial charge in [-0.1, -0.05) is 58.6 Å². The quantitative estimate of drug-likeness (QED) is 0.476. The molecular formula is C19H36O. The molecule has 0 bridgehead atoms. The van der Waals surface area contributed by atoms with Crippen LogP contribution in [0.3, 0.4) is 0 Å². The van der Waals surface area contributed by atoms with Gasteiger partial charge in [-0.2, -0.15) is 0 Å². The zero-order chi connectivity index (χ0) is 15.1. The van der Waals surface area contributed by atoms with E-state index in [1.54, 1.807) is 0 Å². The molecule has 1 fully saturated rings. The Morgan fingerprint density at radius 3 is 2.50 bits per heavy atom. The lowest BCUT2D eigenvalue weighted by molar-refractivity contribution is 0.0422. The lowest BCUT2D eigenvalue weighted by Gasteiger charge is -2.39. The first kappa shape index (κ1) is 17.8. The largest absolute Gasteiger partial charge is 0.389 e. The molecule has 1 heteroatoms. The first-order valence-corrected chi connectivity index (χ1v) is 8.81. The van der Waals surface area contributed by atoms with Gasteiger partial charge in [0.05, 0.1) is 6.10 Å². The van der Waals surface area contributed by atoms with Gasteiger partial charge in [0.25, 0.3) is 0 Å². The van der Waals surface area contributed by atoms with Gasteiger partial charge in [0.2, 0.25) is 0 Å². The molecule has 0 unspecified atom stereocenters. The molecule has 1 aliphatic carbocycles. The minimum Gasteiger partial charge on any atom is -0.389 e. The van der Waals surface area contributed by atoms with Gasteiger partial charge in [0.15, 0.2) is 0 Å². The molecule has 1 aliphatic rings. The van der Waals surface area contributed by atoms with E-state index < -0.39 is 0 Å². The van der Waals surface area contributed by atoms with Gasteiger partial charge in [-0.05, 0) is 56.3 Å². The second-order valence-electron chi connectivity index (χ2n) is 7.45. The molecule has 0 heterocycles. The highest BCUT2D eigenvalue weighted by Crippen LogP contribution is 2.40. The van der Waals surface area contributed by atoms with E-state index in [1.807, 2.05) is 0 Å². The lowest BCUT2D eigenvalue weighted by atomic mass is 9.68. The van der Waals surface area contributed by atoms with E-state index in [2.05, 4.69) is 40.7 Å². The van der Waals surface area contributed by atoms with Gasteiger partial charge in [-0.3, -0.25) is 0 Å². The second kappa shape index (κ2) is 8.87. The third-order valence-corrected chi connectivity index (χ3v) is 5.14. The van der Waals surface area contributed by atoms with Crippen LogP contribution in [0.15, 0.2) is 11.6 Å². The number of unbranched alkanes of at least 4 members (excludes halogenated alkanes) is 2. The first-order chi connectivity index (χ1) is 9.45. The topological polar surface area (TPSA) is 20.2 Å². The van der Waals surface area contributed by atoms with Gasteiger partial charge < -0.3 is 5.11 Å². The fraction of sp³-hybridized carbons (Fsp3) is 0.895. The van der Waals surface area contributed by atoms with Crippen molar-refractivity contribution in [2.24, 2.45) is 23.7 Å². The maximum Gasteiger partial charge on any atom is 0.0754 e. The predicted molar refractivity (Wildman–Crippen MR) is 88.7 cm³/mol. The SMILES string of the molecule is CCCCC/C(C)=C/[C@H](O)[C@@H]1C[C@H](C)CC[C@H]1C(C)C. The van der Waals surface area contributed by atoms with E-state index in [0.29, 0.717) is 17.8 Å². The molecule has 0 aliphatic heterocycles. The van der Waals surface area contributed by atoms with Crippen LogP contribution in [0.4, 0.5) is 0 Å². The number of rotatable bonds is 7. The Kier molecular flexibility index (Phi) is 7.87. The lowest BCUT2D eigenvalue weighted by Crippen LogP contribution is -2.35. The van der Waals surface area contributed by atoms with Gasteiger partial charge in [0.1, 0.15) is 0 Å². The van der Waals surface area contributed by atoms with Gasteiger partial charge in [-0.25, -0.2) is 0 Å². The summed E-state index contributed by atoms with van der Waals surface area (Å²) in [4.78, 5) is 0. The number of hydrogen-bond donors (Lipinski definition) is 1. The van der Waals surface area contributed by atoms with E-state index in [4.69, 9.17) is 0 Å². The van der Waals surface area contributed by atoms with Crippen LogP contribution >= 0.6 is 0 Å². The van der Waals surface area contributed by atoms with Crippen molar-refractivity contribution in [1.82, 2.24) is 0 Å². The maximum atomic E-state index is 10.7. The molecule has 20 heavy (non-hydrogen) atoms. The van der Waals surface area contributed by atoms with Crippen molar-refractivity contribution in [1.29, 1.82) is 0 Å². The van der Waals surface area contributed by atoms with Crippen LogP contribution in [0.25, 0.3) is 0 Å². The summed E-state index contributed by atoms with van der Waals surface area (Å²) in [5, 5.41) is 10.7. The highest BCUT2D eigenvalue weighted by Gasteiger charge is 2.34. The molecule has 1 nitrogen and oxygen atoms in total. The van der Waals surface area contributed by atoms with Crippen molar-refractivity contribution in [2.75, 3.05) is 0 Å². The molecule has 1 saturated carbocycles. The van der Waals surface area contributed by atoms with Crippen LogP contribution in [-0.4, -0.2) is 11.2 Å². The van der Waals surface area contributed by atoms with E-state index in [0.717, 1.165) is 12.3 Å². The molecule has 4 atom stereocenters. The molecule has 0 aromatic rings. The summed E-state index contributed by atoms with van der Waals surface area (Å²) in [6, 6.07) is 0. The molecule has 1 N–H and O–H groups in total. The Balaban J connectivity index is 2.61. The predicted octanol–water partition coefficient (Wildman–Crippen LogP) is 5.58. The zero-order valence-electron chi connectivity index (χ0n) is 14.4. The standard InChI is InChI=1S/C19H36O/c1-6-7-8-9-15(4)13-19(20)18-12-16(5)10-11-17(18)14(2)3/h13-14,16-20H,6-12H2,1-5H3/b15-13+/t16-,17+,18-,19+/m1/s1. The molecule has 0 saturated heterocycles. The van der Waals surface area contributed by atoms with Gasteiger partial charge in [-0.15, -0.1) is 0 Å². The fourth-order valence-corrected chi connectivity index (χ4v) is 3.82. The average Bonchev–Trinajstić information content (AvgIpc) is 2.38. The average molecular weight is 280 g/mol. The van der Waals surface area contributed by atoms with E-state index in [1.165, 1.54) is 44.1 Å². The summed E-state index contributed by atoms with van der Waals surface area (Å²) >= 11 is 0. The van der Waals surface area contributed by atoms with Gasteiger partial charge in [0, 0.05) is 0 Å². The van der Waals surface area contributed by atoms with Crippen molar-refractivity contribution in [3.8, 4) is 0 Å². The van der Waals surface area contributed by atoms with Crippen LogP contribution < -0.4 is 0 Å². The van der Waals surface area contributed by atoms with Crippen molar-refractivity contribution < 1.29 is 5.11 Å². The normalized spacial score (nSPS) is 29.8.